The summed E-state index contributed by atoms with van der Waals surface area (Å²) in [6.45, 7) is 2.58. The summed E-state index contributed by atoms with van der Waals surface area (Å²) < 4.78 is 24.5. The first-order valence-electron chi connectivity index (χ1n) is 8.03. The molecule has 3 N–H and O–H groups in total. The zero-order chi connectivity index (χ0) is 16.9. The summed E-state index contributed by atoms with van der Waals surface area (Å²) >= 11 is 0. The number of carbonyl (C=O) groups excluding carboxylic acids is 1. The standard InChI is InChI=1S/C14H20N6O3S/c15-24(22,23)20-6-3-14(8-20)1-4-19(5-2-14)13-10-7-11(21)18-12(10)16-9-17-13/h9H,1-8H2,(H2,15,22,23)(H,16,17,18,21). The minimum absolute atomic E-state index is 0.00716. The third-order valence-corrected chi connectivity index (χ3v) is 6.44. The predicted molar refractivity (Wildman–Crippen MR) is 87.5 cm³/mol. The van der Waals surface area contributed by atoms with E-state index in [9.17, 15) is 13.2 Å². The molecule has 2 saturated heterocycles. The number of rotatable bonds is 2. The van der Waals surface area contributed by atoms with E-state index in [-0.39, 0.29) is 11.3 Å². The number of anilines is 2. The molecule has 1 aromatic heterocycles. The molecule has 1 spiro atoms. The molecule has 4 rings (SSSR count). The van der Waals surface area contributed by atoms with Crippen molar-refractivity contribution in [2.24, 2.45) is 10.6 Å². The Morgan fingerprint density at radius 2 is 1.88 bits per heavy atom. The van der Waals surface area contributed by atoms with Crippen molar-refractivity contribution in [2.75, 3.05) is 36.4 Å². The molecule has 1 aromatic rings. The zero-order valence-corrected chi connectivity index (χ0v) is 14.0. The maximum absolute atomic E-state index is 11.6. The predicted octanol–water partition coefficient (Wildman–Crippen LogP) is -0.533. The lowest BCUT2D eigenvalue weighted by Crippen LogP contribution is -2.43. The molecule has 130 valence electrons. The van der Waals surface area contributed by atoms with E-state index >= 15 is 0 Å². The van der Waals surface area contributed by atoms with Gasteiger partial charge in [0.2, 0.25) is 5.91 Å². The second kappa shape index (κ2) is 5.36. The van der Waals surface area contributed by atoms with Crippen LogP contribution in [0.1, 0.15) is 24.8 Å². The molecule has 0 aliphatic carbocycles. The third-order valence-electron chi connectivity index (χ3n) is 5.40. The maximum atomic E-state index is 11.6. The largest absolute Gasteiger partial charge is 0.356 e. The Balaban J connectivity index is 1.49. The molecule has 0 bridgehead atoms. The van der Waals surface area contributed by atoms with Crippen molar-refractivity contribution in [2.45, 2.75) is 25.7 Å². The topological polar surface area (TPSA) is 122 Å². The number of piperidine rings is 1. The molecule has 1 amide bonds. The van der Waals surface area contributed by atoms with Crippen LogP contribution in [0.15, 0.2) is 6.33 Å². The highest BCUT2D eigenvalue weighted by molar-refractivity contribution is 7.86. The van der Waals surface area contributed by atoms with E-state index in [0.29, 0.717) is 25.3 Å². The molecular weight excluding hydrogens is 332 g/mol. The van der Waals surface area contributed by atoms with Gasteiger partial charge < -0.3 is 10.2 Å². The van der Waals surface area contributed by atoms with E-state index in [2.05, 4.69) is 20.2 Å². The average Bonchev–Trinajstić information content (AvgIpc) is 3.11. The van der Waals surface area contributed by atoms with Gasteiger partial charge in [0.05, 0.1) is 6.42 Å². The molecule has 3 aliphatic heterocycles. The van der Waals surface area contributed by atoms with E-state index in [0.717, 1.165) is 43.7 Å². The van der Waals surface area contributed by atoms with Crippen LogP contribution in [0.4, 0.5) is 11.6 Å². The van der Waals surface area contributed by atoms with E-state index in [1.54, 1.807) is 0 Å². The number of fused-ring (bicyclic) bond motifs is 1. The van der Waals surface area contributed by atoms with Crippen LogP contribution in [0, 0.1) is 5.41 Å². The molecule has 0 saturated carbocycles. The first-order valence-corrected chi connectivity index (χ1v) is 9.53. The number of nitrogens with zero attached hydrogens (tertiary/aromatic N) is 4. The summed E-state index contributed by atoms with van der Waals surface area (Å²) in [6, 6.07) is 0. The fourth-order valence-electron chi connectivity index (χ4n) is 4.00. The zero-order valence-electron chi connectivity index (χ0n) is 13.2. The Bertz CT molecular complexity index is 788. The van der Waals surface area contributed by atoms with E-state index < -0.39 is 10.2 Å². The van der Waals surface area contributed by atoms with Crippen molar-refractivity contribution < 1.29 is 13.2 Å². The van der Waals surface area contributed by atoms with Crippen LogP contribution in [-0.2, 0) is 21.4 Å². The normalized spacial score (nSPS) is 23.5. The molecule has 2 fully saturated rings. The van der Waals surface area contributed by atoms with Crippen LogP contribution in [-0.4, -0.2) is 54.8 Å². The molecule has 3 aliphatic rings. The molecule has 0 aromatic carbocycles. The average molecular weight is 352 g/mol. The van der Waals surface area contributed by atoms with Gasteiger partial charge in [-0.3, -0.25) is 4.79 Å². The number of hydrogen-bond acceptors (Lipinski definition) is 6. The van der Waals surface area contributed by atoms with Crippen molar-refractivity contribution >= 4 is 27.8 Å². The second-order valence-corrected chi connectivity index (χ2v) is 8.41. The highest BCUT2D eigenvalue weighted by atomic mass is 32.2. The third kappa shape index (κ3) is 2.64. The van der Waals surface area contributed by atoms with Crippen molar-refractivity contribution in [3.63, 3.8) is 0 Å². The van der Waals surface area contributed by atoms with Crippen LogP contribution >= 0.6 is 0 Å². The van der Waals surface area contributed by atoms with Crippen molar-refractivity contribution in [3.8, 4) is 0 Å². The first-order chi connectivity index (χ1) is 11.4. The maximum Gasteiger partial charge on any atom is 0.276 e. The SMILES string of the molecule is NS(=O)(=O)N1CCC2(CCN(c3ncnc4c3CC(=O)N4)CC2)C1. The summed E-state index contributed by atoms with van der Waals surface area (Å²) in [6.07, 6.45) is 4.41. The van der Waals surface area contributed by atoms with E-state index in [1.807, 2.05) is 0 Å². The minimum Gasteiger partial charge on any atom is -0.356 e. The molecule has 0 radical (unpaired) electrons. The number of nitrogens with one attached hydrogen (secondary N) is 1. The lowest BCUT2D eigenvalue weighted by molar-refractivity contribution is -0.115. The highest BCUT2D eigenvalue weighted by Crippen LogP contribution is 2.42. The van der Waals surface area contributed by atoms with Crippen LogP contribution in [0.5, 0.6) is 0 Å². The van der Waals surface area contributed by atoms with Gasteiger partial charge in [-0.2, -0.15) is 12.7 Å². The summed E-state index contributed by atoms with van der Waals surface area (Å²) in [4.78, 5) is 22.3. The number of carbonyl (C=O) groups is 1. The van der Waals surface area contributed by atoms with Crippen LogP contribution in [0.3, 0.4) is 0 Å². The van der Waals surface area contributed by atoms with Gasteiger partial charge in [-0.25, -0.2) is 15.1 Å². The molecule has 0 unspecified atom stereocenters. The van der Waals surface area contributed by atoms with E-state index in [1.165, 1.54) is 10.6 Å². The Morgan fingerprint density at radius 3 is 2.54 bits per heavy atom. The highest BCUT2D eigenvalue weighted by Gasteiger charge is 2.44. The summed E-state index contributed by atoms with van der Waals surface area (Å²) in [5.74, 6) is 1.36. The first kappa shape index (κ1) is 15.7. The van der Waals surface area contributed by atoms with Crippen molar-refractivity contribution in [1.82, 2.24) is 14.3 Å². The number of hydrogen-bond donors (Lipinski definition) is 2. The lowest BCUT2D eigenvalue weighted by Gasteiger charge is -2.40. The van der Waals surface area contributed by atoms with Crippen molar-refractivity contribution in [3.05, 3.63) is 11.9 Å². The van der Waals surface area contributed by atoms with Gasteiger partial charge in [-0.1, -0.05) is 0 Å². The smallest absolute Gasteiger partial charge is 0.276 e. The second-order valence-electron chi connectivity index (χ2n) is 6.86. The fraction of sp³-hybridized carbons (Fsp3) is 0.643. The van der Waals surface area contributed by atoms with Gasteiger partial charge in [0.25, 0.3) is 10.2 Å². The fourth-order valence-corrected chi connectivity index (χ4v) is 4.79. The Kier molecular flexibility index (Phi) is 3.52. The molecule has 10 heteroatoms. The molecule has 24 heavy (non-hydrogen) atoms. The van der Waals surface area contributed by atoms with E-state index in [4.69, 9.17) is 5.14 Å². The van der Waals surface area contributed by atoms with Gasteiger partial charge in [-0.15, -0.1) is 0 Å². The van der Waals surface area contributed by atoms with Gasteiger partial charge in [-0.05, 0) is 24.7 Å². The van der Waals surface area contributed by atoms with Gasteiger partial charge >= 0.3 is 0 Å². The van der Waals surface area contributed by atoms with Gasteiger partial charge in [0.1, 0.15) is 18.0 Å². The van der Waals surface area contributed by atoms with Gasteiger partial charge in [0, 0.05) is 31.7 Å². The monoisotopic (exact) mass is 352 g/mol. The Labute approximate surface area is 140 Å². The molecular formula is C14H20N6O3S. The number of aromatic nitrogens is 2. The molecule has 4 heterocycles. The Hall–Kier alpha value is -1.78. The molecule has 9 nitrogen and oxygen atoms in total. The lowest BCUT2D eigenvalue weighted by atomic mass is 9.78. The number of nitrogens with two attached hydrogens (primary N) is 1. The van der Waals surface area contributed by atoms with Crippen molar-refractivity contribution in [1.29, 1.82) is 0 Å². The Morgan fingerprint density at radius 1 is 1.17 bits per heavy atom. The van der Waals surface area contributed by atoms with Crippen LogP contribution < -0.4 is 15.4 Å². The summed E-state index contributed by atoms with van der Waals surface area (Å²) in [5.41, 5.74) is 0.865. The number of amides is 1. The summed E-state index contributed by atoms with van der Waals surface area (Å²) in [7, 11) is -3.60. The molecule has 0 atom stereocenters. The summed E-state index contributed by atoms with van der Waals surface area (Å²) in [5, 5.41) is 8.00. The van der Waals surface area contributed by atoms with Gasteiger partial charge in [0.15, 0.2) is 0 Å². The van der Waals surface area contributed by atoms with Crippen LogP contribution in [0.2, 0.25) is 0 Å². The van der Waals surface area contributed by atoms with Crippen LogP contribution in [0.25, 0.3) is 0 Å². The minimum atomic E-state index is -3.60. The quantitative estimate of drug-likeness (QED) is 0.738.